The van der Waals surface area contributed by atoms with Gasteiger partial charge < -0.3 is 5.32 Å². The Hall–Kier alpha value is -2.77. The molecule has 0 saturated carbocycles. The van der Waals surface area contributed by atoms with Crippen molar-refractivity contribution in [3.8, 4) is 0 Å². The zero-order valence-corrected chi connectivity index (χ0v) is 11.2. The molecule has 0 bridgehead atoms. The Morgan fingerprint density at radius 2 is 2.14 bits per heavy atom. The van der Waals surface area contributed by atoms with Crippen LogP contribution in [0.2, 0.25) is 0 Å². The molecular formula is C13H13N3O5. The molecule has 1 saturated heterocycles. The average molecular weight is 291 g/mol. The summed E-state index contributed by atoms with van der Waals surface area (Å²) in [7, 11) is 0. The minimum atomic E-state index is -0.810. The van der Waals surface area contributed by atoms with E-state index in [1.54, 1.807) is 6.92 Å². The van der Waals surface area contributed by atoms with Gasteiger partial charge in [0.15, 0.2) is 0 Å². The van der Waals surface area contributed by atoms with Gasteiger partial charge in [-0.2, -0.15) is 0 Å². The highest BCUT2D eigenvalue weighted by Crippen LogP contribution is 2.19. The number of carbonyl (C=O) groups is 3. The van der Waals surface area contributed by atoms with Crippen LogP contribution in [0, 0.1) is 17.0 Å². The van der Waals surface area contributed by atoms with Crippen LogP contribution in [0.3, 0.4) is 0 Å². The van der Waals surface area contributed by atoms with Gasteiger partial charge in [0.1, 0.15) is 6.04 Å². The Morgan fingerprint density at radius 3 is 2.76 bits per heavy atom. The maximum atomic E-state index is 12.0. The fourth-order valence-corrected chi connectivity index (χ4v) is 2.02. The van der Waals surface area contributed by atoms with E-state index in [1.807, 2.05) is 0 Å². The number of aryl methyl sites for hydroxylation is 1. The zero-order valence-electron chi connectivity index (χ0n) is 11.2. The van der Waals surface area contributed by atoms with Crippen molar-refractivity contribution in [2.24, 2.45) is 0 Å². The van der Waals surface area contributed by atoms with E-state index in [9.17, 15) is 24.5 Å². The van der Waals surface area contributed by atoms with Crippen LogP contribution in [0.5, 0.6) is 0 Å². The van der Waals surface area contributed by atoms with Gasteiger partial charge in [-0.1, -0.05) is 6.07 Å². The topological polar surface area (TPSA) is 118 Å². The van der Waals surface area contributed by atoms with Crippen LogP contribution < -0.4 is 10.6 Å². The van der Waals surface area contributed by atoms with Crippen molar-refractivity contribution in [1.29, 1.82) is 0 Å². The minimum Gasteiger partial charge on any atom is -0.340 e. The first-order valence-corrected chi connectivity index (χ1v) is 6.28. The van der Waals surface area contributed by atoms with Gasteiger partial charge in [0.25, 0.3) is 11.6 Å². The first-order chi connectivity index (χ1) is 9.88. The number of benzene rings is 1. The van der Waals surface area contributed by atoms with Gasteiger partial charge >= 0.3 is 0 Å². The smallest absolute Gasteiger partial charge is 0.273 e. The zero-order chi connectivity index (χ0) is 15.6. The molecule has 2 rings (SSSR count). The van der Waals surface area contributed by atoms with E-state index >= 15 is 0 Å². The Balaban J connectivity index is 2.14. The number of rotatable bonds is 3. The number of hydrogen-bond acceptors (Lipinski definition) is 5. The van der Waals surface area contributed by atoms with Crippen LogP contribution in [-0.4, -0.2) is 28.7 Å². The molecule has 1 aromatic carbocycles. The number of nitrogens with one attached hydrogen (secondary N) is 2. The SMILES string of the molecule is Cc1ccc(C(=O)NC2CCC(=O)NC2=O)cc1[N+](=O)[O-]. The number of nitrogens with zero attached hydrogens (tertiary/aromatic N) is 1. The van der Waals surface area contributed by atoms with Crippen LogP contribution in [0.1, 0.15) is 28.8 Å². The fraction of sp³-hybridized carbons (Fsp3) is 0.308. The summed E-state index contributed by atoms with van der Waals surface area (Å²) in [6.07, 6.45) is 0.356. The monoisotopic (exact) mass is 291 g/mol. The normalized spacial score (nSPS) is 18.0. The molecule has 1 aromatic rings. The molecule has 1 unspecified atom stereocenters. The van der Waals surface area contributed by atoms with Crippen molar-refractivity contribution in [2.45, 2.75) is 25.8 Å². The number of hydrogen-bond donors (Lipinski definition) is 2. The second kappa shape index (κ2) is 5.70. The molecule has 1 fully saturated rings. The number of piperidine rings is 1. The van der Waals surface area contributed by atoms with Crippen molar-refractivity contribution in [3.05, 3.63) is 39.4 Å². The molecule has 0 aromatic heterocycles. The highest BCUT2D eigenvalue weighted by Gasteiger charge is 2.28. The van der Waals surface area contributed by atoms with E-state index in [1.165, 1.54) is 12.1 Å². The average Bonchev–Trinajstić information content (AvgIpc) is 2.42. The molecule has 1 heterocycles. The third-order valence-corrected chi connectivity index (χ3v) is 3.21. The molecular weight excluding hydrogens is 278 g/mol. The van der Waals surface area contributed by atoms with Crippen molar-refractivity contribution in [3.63, 3.8) is 0 Å². The number of imide groups is 1. The lowest BCUT2D eigenvalue weighted by Gasteiger charge is -2.21. The van der Waals surface area contributed by atoms with Gasteiger partial charge in [0, 0.05) is 23.6 Å². The van der Waals surface area contributed by atoms with Gasteiger partial charge in [-0.25, -0.2) is 0 Å². The van der Waals surface area contributed by atoms with E-state index < -0.39 is 22.8 Å². The second-order valence-corrected chi connectivity index (χ2v) is 4.74. The molecule has 1 aliphatic rings. The van der Waals surface area contributed by atoms with Crippen LogP contribution >= 0.6 is 0 Å². The van der Waals surface area contributed by atoms with Gasteiger partial charge in [-0.15, -0.1) is 0 Å². The molecule has 8 nitrogen and oxygen atoms in total. The second-order valence-electron chi connectivity index (χ2n) is 4.74. The third kappa shape index (κ3) is 3.22. The number of nitro groups is 1. The molecule has 0 radical (unpaired) electrons. The Morgan fingerprint density at radius 1 is 1.43 bits per heavy atom. The quantitative estimate of drug-likeness (QED) is 0.476. The van der Waals surface area contributed by atoms with Crippen LogP contribution in [0.15, 0.2) is 18.2 Å². The van der Waals surface area contributed by atoms with Gasteiger partial charge in [0.05, 0.1) is 4.92 Å². The van der Waals surface area contributed by atoms with E-state index in [-0.39, 0.29) is 30.0 Å². The van der Waals surface area contributed by atoms with Crippen LogP contribution in [-0.2, 0) is 9.59 Å². The van der Waals surface area contributed by atoms with Crippen molar-refractivity contribution >= 4 is 23.4 Å². The van der Waals surface area contributed by atoms with E-state index in [0.29, 0.717) is 5.56 Å². The first kappa shape index (κ1) is 14.6. The van der Waals surface area contributed by atoms with Gasteiger partial charge in [-0.3, -0.25) is 29.8 Å². The summed E-state index contributed by atoms with van der Waals surface area (Å²) in [5.74, 6) is -1.54. The maximum Gasteiger partial charge on any atom is 0.273 e. The summed E-state index contributed by atoms with van der Waals surface area (Å²) in [6, 6.07) is 3.27. The summed E-state index contributed by atoms with van der Waals surface area (Å²) in [5, 5.41) is 15.4. The Labute approximate surface area is 119 Å². The highest BCUT2D eigenvalue weighted by molar-refractivity contribution is 6.03. The fourth-order valence-electron chi connectivity index (χ4n) is 2.02. The maximum absolute atomic E-state index is 12.0. The van der Waals surface area contributed by atoms with Crippen LogP contribution in [0.25, 0.3) is 0 Å². The highest BCUT2D eigenvalue weighted by atomic mass is 16.6. The van der Waals surface area contributed by atoms with Crippen LogP contribution in [0.4, 0.5) is 5.69 Å². The molecule has 110 valence electrons. The molecule has 0 spiro atoms. The predicted molar refractivity (Wildman–Crippen MR) is 71.5 cm³/mol. The molecule has 3 amide bonds. The van der Waals surface area contributed by atoms with E-state index in [0.717, 1.165) is 6.07 Å². The largest absolute Gasteiger partial charge is 0.340 e. The Bertz CT molecular complexity index is 641. The van der Waals surface area contributed by atoms with E-state index in [4.69, 9.17) is 0 Å². The summed E-state index contributed by atoms with van der Waals surface area (Å²) in [6.45, 7) is 1.57. The van der Waals surface area contributed by atoms with Crippen molar-refractivity contribution < 1.29 is 19.3 Å². The lowest BCUT2D eigenvalue weighted by atomic mass is 10.0. The van der Waals surface area contributed by atoms with Crippen molar-refractivity contribution in [1.82, 2.24) is 10.6 Å². The summed E-state index contributed by atoms with van der Waals surface area (Å²) in [5.41, 5.74) is 0.375. The molecule has 1 aliphatic heterocycles. The summed E-state index contributed by atoms with van der Waals surface area (Å²) in [4.78, 5) is 44.9. The summed E-state index contributed by atoms with van der Waals surface area (Å²) < 4.78 is 0. The van der Waals surface area contributed by atoms with Gasteiger partial charge in [0.2, 0.25) is 11.8 Å². The standard InChI is InChI=1S/C13H13N3O5/c1-7-2-3-8(6-10(7)16(20)21)12(18)14-9-4-5-11(17)15-13(9)19/h2-3,6,9H,4-5H2,1H3,(H,14,18)(H,15,17,19). The third-order valence-electron chi connectivity index (χ3n) is 3.21. The molecule has 1 atom stereocenters. The number of carbonyl (C=O) groups excluding carboxylic acids is 3. The minimum absolute atomic E-state index is 0.0944. The number of amides is 3. The molecule has 21 heavy (non-hydrogen) atoms. The predicted octanol–water partition coefficient (Wildman–Crippen LogP) is 0.438. The Kier molecular flexibility index (Phi) is 3.97. The first-order valence-electron chi connectivity index (χ1n) is 6.28. The lowest BCUT2D eigenvalue weighted by Crippen LogP contribution is -2.52. The van der Waals surface area contributed by atoms with Crippen molar-refractivity contribution in [2.75, 3.05) is 0 Å². The van der Waals surface area contributed by atoms with E-state index in [2.05, 4.69) is 10.6 Å². The van der Waals surface area contributed by atoms with Gasteiger partial charge in [-0.05, 0) is 19.4 Å². The summed E-state index contributed by atoms with van der Waals surface area (Å²) >= 11 is 0. The molecule has 8 heteroatoms. The molecule has 2 N–H and O–H groups in total. The molecule has 0 aliphatic carbocycles. The lowest BCUT2D eigenvalue weighted by molar-refractivity contribution is -0.385. The number of nitro benzene ring substituents is 1.